The monoisotopic (exact) mass is 549 g/mol. The van der Waals surface area contributed by atoms with Crippen molar-refractivity contribution in [2.45, 2.75) is 75.5 Å². The first-order chi connectivity index (χ1) is 12.4. The first-order valence-electron chi connectivity index (χ1n) is 10.0. The van der Waals surface area contributed by atoms with Crippen LogP contribution < -0.4 is 0 Å². The van der Waals surface area contributed by atoms with E-state index in [1.165, 1.54) is 47.1 Å². The molecule has 0 saturated heterocycles. The molecular weight excluding hydrogens is 516 g/mol. The zero-order valence-corrected chi connectivity index (χ0v) is 19.0. The molecular formula is C24H33AuP-2. The number of hydrogen-bond acceptors (Lipinski definition) is 0. The fourth-order valence-electron chi connectivity index (χ4n) is 3.56. The normalized spacial score (nSPS) is 17.5. The molecule has 0 unspecified atom stereocenters. The van der Waals surface area contributed by atoms with E-state index in [-0.39, 0.29) is 22.4 Å². The number of benzene rings is 2. The van der Waals surface area contributed by atoms with Gasteiger partial charge in [-0.15, -0.1) is 8.58 Å². The van der Waals surface area contributed by atoms with Crippen molar-refractivity contribution in [3.05, 3.63) is 72.8 Å². The molecule has 4 rings (SSSR count). The summed E-state index contributed by atoms with van der Waals surface area (Å²) in [4.78, 5) is 0. The van der Waals surface area contributed by atoms with E-state index in [0.29, 0.717) is 0 Å². The summed E-state index contributed by atoms with van der Waals surface area (Å²) in [5.41, 5.74) is 2.30. The standard InChI is InChI=1S/C12H23P.2C6H5.Au/c1-3-7-11(8-4-1)13-12-9-5-2-6-10-12;2*1-2-4-6-5-3-1;/h11-13H,1-10H2;2*1-5H;/q;2*-1;. The molecule has 2 aromatic rings. The summed E-state index contributed by atoms with van der Waals surface area (Å²) < 4.78 is 0. The predicted octanol–water partition coefficient (Wildman–Crippen LogP) is 7.30. The van der Waals surface area contributed by atoms with Crippen LogP contribution in [0, 0.1) is 12.1 Å². The van der Waals surface area contributed by atoms with Gasteiger partial charge in [0.1, 0.15) is 0 Å². The van der Waals surface area contributed by atoms with E-state index in [2.05, 4.69) is 12.1 Å². The van der Waals surface area contributed by atoms with Crippen LogP contribution in [0.3, 0.4) is 0 Å². The van der Waals surface area contributed by atoms with Gasteiger partial charge in [0.25, 0.3) is 0 Å². The topological polar surface area (TPSA) is 0 Å². The summed E-state index contributed by atoms with van der Waals surface area (Å²) in [6.45, 7) is 0. The Morgan fingerprint density at radius 1 is 0.500 bits per heavy atom. The van der Waals surface area contributed by atoms with Crippen molar-refractivity contribution in [2.24, 2.45) is 0 Å². The second-order valence-electron chi connectivity index (χ2n) is 6.99. The van der Waals surface area contributed by atoms with Gasteiger partial charge in [-0.1, -0.05) is 38.5 Å². The van der Waals surface area contributed by atoms with Crippen molar-refractivity contribution in [1.29, 1.82) is 0 Å². The maximum atomic E-state index is 2.89. The molecule has 0 atom stereocenters. The Balaban J connectivity index is 0.000000218. The molecule has 2 aromatic carbocycles. The van der Waals surface area contributed by atoms with Gasteiger partial charge in [-0.05, 0) is 37.0 Å². The summed E-state index contributed by atoms with van der Waals surface area (Å²) in [5, 5.41) is 0. The third kappa shape index (κ3) is 12.1. The Morgan fingerprint density at radius 3 is 1.08 bits per heavy atom. The second kappa shape index (κ2) is 16.8. The van der Waals surface area contributed by atoms with Crippen LogP contribution >= 0.6 is 8.58 Å². The first kappa shape index (κ1) is 23.6. The number of hydrogen-bond donors (Lipinski definition) is 0. The smallest absolute Gasteiger partial charge is 0 e. The molecule has 0 heterocycles. The van der Waals surface area contributed by atoms with E-state index >= 15 is 0 Å². The molecule has 2 saturated carbocycles. The molecule has 0 amide bonds. The Morgan fingerprint density at radius 2 is 0.846 bits per heavy atom. The summed E-state index contributed by atoms with van der Waals surface area (Å²) in [7, 11) is 1.33. The van der Waals surface area contributed by atoms with Gasteiger partial charge in [0.2, 0.25) is 0 Å². The molecule has 2 fully saturated rings. The maximum Gasteiger partial charge on any atom is 0 e. The van der Waals surface area contributed by atoms with Crippen molar-refractivity contribution >= 4 is 8.58 Å². The third-order valence-electron chi connectivity index (χ3n) is 4.90. The molecule has 0 aromatic heterocycles. The van der Waals surface area contributed by atoms with Crippen LogP contribution in [0.5, 0.6) is 0 Å². The van der Waals surface area contributed by atoms with Crippen LogP contribution in [0.25, 0.3) is 0 Å². The van der Waals surface area contributed by atoms with Gasteiger partial charge in [-0.3, -0.25) is 0 Å². The Bertz CT molecular complexity index is 389. The van der Waals surface area contributed by atoms with Crippen LogP contribution in [-0.4, -0.2) is 11.3 Å². The number of rotatable bonds is 2. The van der Waals surface area contributed by atoms with Crippen molar-refractivity contribution in [2.75, 3.05) is 0 Å². The van der Waals surface area contributed by atoms with E-state index in [0.717, 1.165) is 11.3 Å². The molecule has 0 N–H and O–H groups in total. The van der Waals surface area contributed by atoms with Crippen molar-refractivity contribution in [3.8, 4) is 0 Å². The molecule has 2 aliphatic rings. The molecule has 26 heavy (non-hydrogen) atoms. The fraction of sp³-hybridized carbons (Fsp3) is 0.500. The second-order valence-corrected chi connectivity index (χ2v) is 8.96. The SMILES string of the molecule is C1CCC(PC2CCCCC2)CC1.[Au].[c-]1ccccc1.[c-]1ccccc1. The summed E-state index contributed by atoms with van der Waals surface area (Å²) in [5.74, 6) is 0. The van der Waals surface area contributed by atoms with Gasteiger partial charge < -0.3 is 0 Å². The van der Waals surface area contributed by atoms with E-state index in [1.807, 2.05) is 60.7 Å². The maximum absolute atomic E-state index is 2.89. The predicted molar refractivity (Wildman–Crippen MR) is 113 cm³/mol. The Hall–Kier alpha value is -0.390. The van der Waals surface area contributed by atoms with Gasteiger partial charge in [-0.2, -0.15) is 72.8 Å². The first-order valence-corrected chi connectivity index (χ1v) is 11.2. The van der Waals surface area contributed by atoms with Gasteiger partial charge in [-0.25, -0.2) is 0 Å². The van der Waals surface area contributed by atoms with E-state index in [1.54, 1.807) is 25.7 Å². The average molecular weight is 549 g/mol. The molecule has 2 aliphatic carbocycles. The third-order valence-corrected chi connectivity index (χ3v) is 6.99. The van der Waals surface area contributed by atoms with E-state index < -0.39 is 0 Å². The minimum absolute atomic E-state index is 0. The molecule has 0 spiro atoms. The Labute approximate surface area is 178 Å². The van der Waals surface area contributed by atoms with Crippen LogP contribution in [0.2, 0.25) is 0 Å². The summed E-state index contributed by atoms with van der Waals surface area (Å²) in [6.07, 6.45) is 15.4. The van der Waals surface area contributed by atoms with Crippen molar-refractivity contribution in [1.82, 2.24) is 0 Å². The average Bonchev–Trinajstić information content (AvgIpc) is 2.73. The fourth-order valence-corrected chi connectivity index (χ4v) is 5.71. The van der Waals surface area contributed by atoms with Crippen molar-refractivity contribution in [3.63, 3.8) is 0 Å². The zero-order valence-electron chi connectivity index (χ0n) is 15.8. The van der Waals surface area contributed by atoms with E-state index in [4.69, 9.17) is 0 Å². The van der Waals surface area contributed by atoms with E-state index in [9.17, 15) is 0 Å². The molecule has 2 heteroatoms. The molecule has 147 valence electrons. The van der Waals surface area contributed by atoms with Crippen LogP contribution in [0.1, 0.15) is 64.2 Å². The molecule has 0 aliphatic heterocycles. The Kier molecular flexibility index (Phi) is 15.2. The summed E-state index contributed by atoms with van der Waals surface area (Å²) >= 11 is 0. The van der Waals surface area contributed by atoms with Gasteiger partial charge in [0.15, 0.2) is 0 Å². The molecule has 0 bridgehead atoms. The van der Waals surface area contributed by atoms with Gasteiger partial charge >= 0.3 is 0 Å². The minimum Gasteiger partial charge on any atom is -0.184 e. The van der Waals surface area contributed by atoms with Crippen LogP contribution in [0.15, 0.2) is 60.7 Å². The van der Waals surface area contributed by atoms with Crippen LogP contribution in [0.4, 0.5) is 0 Å². The van der Waals surface area contributed by atoms with Gasteiger partial charge in [0, 0.05) is 22.4 Å². The molecule has 0 nitrogen and oxygen atoms in total. The van der Waals surface area contributed by atoms with Crippen molar-refractivity contribution < 1.29 is 22.4 Å². The van der Waals surface area contributed by atoms with Crippen LogP contribution in [-0.2, 0) is 22.4 Å². The summed E-state index contributed by atoms with van der Waals surface area (Å²) in [6, 6.07) is 25.0. The van der Waals surface area contributed by atoms with Gasteiger partial charge in [0.05, 0.1) is 0 Å². The largest absolute Gasteiger partial charge is 0.184 e. The molecule has 1 radical (unpaired) electrons. The minimum atomic E-state index is 0. The quantitative estimate of drug-likeness (QED) is 0.210. The zero-order chi connectivity index (χ0) is 17.4.